The maximum absolute atomic E-state index is 12.5. The Hall–Kier alpha value is -1.72. The van der Waals surface area contributed by atoms with Crippen LogP contribution in [0.4, 0.5) is 11.4 Å². The highest BCUT2D eigenvalue weighted by Gasteiger charge is 2.22. The van der Waals surface area contributed by atoms with E-state index in [1.54, 1.807) is 36.4 Å². The standard InChI is InChI=1S/C14H15ClN2O2S/c1-10-3-6-12(7-4-10)20(18,19)17(2)14-8-5-11(15)9-13(14)16/h3-9H,16H2,1-2H3. The van der Waals surface area contributed by atoms with E-state index in [9.17, 15) is 8.42 Å². The molecule has 0 heterocycles. The van der Waals surface area contributed by atoms with Crippen molar-refractivity contribution < 1.29 is 8.42 Å². The predicted molar refractivity (Wildman–Crippen MR) is 82.6 cm³/mol. The molecular formula is C14H15ClN2O2S. The Morgan fingerprint density at radius 2 is 1.70 bits per heavy atom. The summed E-state index contributed by atoms with van der Waals surface area (Å²) in [6.07, 6.45) is 0. The Kier molecular flexibility index (Phi) is 3.92. The van der Waals surface area contributed by atoms with E-state index >= 15 is 0 Å². The fraction of sp³-hybridized carbons (Fsp3) is 0.143. The van der Waals surface area contributed by atoms with E-state index in [-0.39, 0.29) is 4.90 Å². The van der Waals surface area contributed by atoms with Gasteiger partial charge in [-0.1, -0.05) is 29.3 Å². The lowest BCUT2D eigenvalue weighted by Gasteiger charge is -2.21. The van der Waals surface area contributed by atoms with Crippen LogP contribution >= 0.6 is 11.6 Å². The van der Waals surface area contributed by atoms with Gasteiger partial charge < -0.3 is 5.73 Å². The van der Waals surface area contributed by atoms with Crippen molar-refractivity contribution in [3.63, 3.8) is 0 Å². The average Bonchev–Trinajstić information content (AvgIpc) is 2.38. The number of nitrogens with zero attached hydrogens (tertiary/aromatic N) is 1. The molecule has 0 aliphatic heterocycles. The SMILES string of the molecule is Cc1ccc(S(=O)(=O)N(C)c2ccc(Cl)cc2N)cc1. The number of benzene rings is 2. The summed E-state index contributed by atoms with van der Waals surface area (Å²) in [5.74, 6) is 0. The third-order valence-corrected chi connectivity index (χ3v) is 5.03. The van der Waals surface area contributed by atoms with Gasteiger partial charge in [0, 0.05) is 12.1 Å². The quantitative estimate of drug-likeness (QED) is 0.886. The number of nitrogens with two attached hydrogens (primary N) is 1. The van der Waals surface area contributed by atoms with Crippen molar-refractivity contribution in [2.24, 2.45) is 0 Å². The summed E-state index contributed by atoms with van der Waals surface area (Å²) in [5, 5.41) is 0.465. The number of nitrogen functional groups attached to an aromatic ring is 1. The minimum absolute atomic E-state index is 0.222. The van der Waals surface area contributed by atoms with Gasteiger partial charge in [0.15, 0.2) is 0 Å². The second-order valence-corrected chi connectivity index (χ2v) is 6.89. The maximum Gasteiger partial charge on any atom is 0.264 e. The molecule has 4 nitrogen and oxygen atoms in total. The average molecular weight is 311 g/mol. The number of halogens is 1. The lowest BCUT2D eigenvalue weighted by Crippen LogP contribution is -2.27. The molecule has 106 valence electrons. The molecule has 0 atom stereocenters. The van der Waals surface area contributed by atoms with E-state index in [4.69, 9.17) is 17.3 Å². The van der Waals surface area contributed by atoms with Gasteiger partial charge in [0.2, 0.25) is 0 Å². The van der Waals surface area contributed by atoms with Crippen LogP contribution in [0.2, 0.25) is 5.02 Å². The molecular weight excluding hydrogens is 296 g/mol. The second kappa shape index (κ2) is 5.34. The number of sulfonamides is 1. The van der Waals surface area contributed by atoms with E-state index < -0.39 is 10.0 Å². The Balaban J connectivity index is 2.45. The zero-order valence-electron chi connectivity index (χ0n) is 11.2. The Labute approximate surface area is 123 Å². The van der Waals surface area contributed by atoms with Crippen molar-refractivity contribution in [1.82, 2.24) is 0 Å². The van der Waals surface area contributed by atoms with Crippen molar-refractivity contribution in [3.8, 4) is 0 Å². The van der Waals surface area contributed by atoms with Crippen LogP contribution in [0.1, 0.15) is 5.56 Å². The monoisotopic (exact) mass is 310 g/mol. The highest BCUT2D eigenvalue weighted by Crippen LogP contribution is 2.29. The Morgan fingerprint density at radius 1 is 1.10 bits per heavy atom. The first-order chi connectivity index (χ1) is 9.32. The zero-order chi connectivity index (χ0) is 14.9. The second-order valence-electron chi connectivity index (χ2n) is 4.49. The molecule has 0 aliphatic rings. The molecule has 0 saturated heterocycles. The van der Waals surface area contributed by atoms with E-state index in [0.717, 1.165) is 9.87 Å². The first kappa shape index (κ1) is 14.7. The maximum atomic E-state index is 12.5. The first-order valence-electron chi connectivity index (χ1n) is 5.93. The number of hydrogen-bond donors (Lipinski definition) is 1. The summed E-state index contributed by atoms with van der Waals surface area (Å²) >= 11 is 5.82. The van der Waals surface area contributed by atoms with Crippen molar-refractivity contribution >= 4 is 33.0 Å². The number of rotatable bonds is 3. The highest BCUT2D eigenvalue weighted by atomic mass is 35.5. The van der Waals surface area contributed by atoms with Gasteiger partial charge in [-0.05, 0) is 37.3 Å². The fourth-order valence-corrected chi connectivity index (χ4v) is 3.21. The minimum atomic E-state index is -3.63. The zero-order valence-corrected chi connectivity index (χ0v) is 12.7. The summed E-state index contributed by atoms with van der Waals surface area (Å²) in [7, 11) is -2.17. The smallest absolute Gasteiger partial charge is 0.264 e. The summed E-state index contributed by atoms with van der Waals surface area (Å²) in [5.41, 5.74) is 7.54. The van der Waals surface area contributed by atoms with Crippen LogP contribution in [-0.2, 0) is 10.0 Å². The predicted octanol–water partition coefficient (Wildman–Crippen LogP) is 3.06. The molecule has 0 unspecified atom stereocenters. The lowest BCUT2D eigenvalue weighted by atomic mass is 10.2. The molecule has 2 N–H and O–H groups in total. The molecule has 2 aromatic carbocycles. The molecule has 2 aromatic rings. The van der Waals surface area contributed by atoms with E-state index in [1.165, 1.54) is 13.1 Å². The van der Waals surface area contributed by atoms with Gasteiger partial charge in [-0.25, -0.2) is 8.42 Å². The van der Waals surface area contributed by atoms with Crippen molar-refractivity contribution in [2.75, 3.05) is 17.1 Å². The van der Waals surface area contributed by atoms with Crippen LogP contribution in [0.25, 0.3) is 0 Å². The van der Waals surface area contributed by atoms with E-state index in [0.29, 0.717) is 16.4 Å². The van der Waals surface area contributed by atoms with Crippen molar-refractivity contribution in [3.05, 3.63) is 53.1 Å². The van der Waals surface area contributed by atoms with Gasteiger partial charge in [0.25, 0.3) is 10.0 Å². The van der Waals surface area contributed by atoms with Crippen LogP contribution in [0.15, 0.2) is 47.4 Å². The third-order valence-electron chi connectivity index (χ3n) is 3.01. The van der Waals surface area contributed by atoms with Gasteiger partial charge in [-0.2, -0.15) is 0 Å². The molecule has 0 fully saturated rings. The summed E-state index contributed by atoms with van der Waals surface area (Å²) in [6, 6.07) is 11.4. The molecule has 0 spiro atoms. The molecule has 0 aliphatic carbocycles. The van der Waals surface area contributed by atoms with Crippen LogP contribution in [0.3, 0.4) is 0 Å². The van der Waals surface area contributed by atoms with Gasteiger partial charge in [0.1, 0.15) is 0 Å². The normalized spacial score (nSPS) is 11.3. The molecule has 2 rings (SSSR count). The molecule has 0 radical (unpaired) electrons. The Morgan fingerprint density at radius 3 is 2.25 bits per heavy atom. The topological polar surface area (TPSA) is 63.4 Å². The van der Waals surface area contributed by atoms with Crippen LogP contribution in [-0.4, -0.2) is 15.5 Å². The largest absolute Gasteiger partial charge is 0.397 e. The van der Waals surface area contributed by atoms with Gasteiger partial charge in [-0.3, -0.25) is 4.31 Å². The summed E-state index contributed by atoms with van der Waals surface area (Å²) in [6.45, 7) is 1.90. The van der Waals surface area contributed by atoms with E-state index in [2.05, 4.69) is 0 Å². The minimum Gasteiger partial charge on any atom is -0.397 e. The fourth-order valence-electron chi connectivity index (χ4n) is 1.81. The Bertz CT molecular complexity index is 727. The molecule has 0 saturated carbocycles. The van der Waals surface area contributed by atoms with E-state index in [1.807, 2.05) is 6.92 Å². The summed E-state index contributed by atoms with van der Waals surface area (Å²) in [4.78, 5) is 0.222. The van der Waals surface area contributed by atoms with Crippen molar-refractivity contribution in [2.45, 2.75) is 11.8 Å². The lowest BCUT2D eigenvalue weighted by molar-refractivity contribution is 0.594. The van der Waals surface area contributed by atoms with Crippen molar-refractivity contribution in [1.29, 1.82) is 0 Å². The van der Waals surface area contributed by atoms with Gasteiger partial charge >= 0.3 is 0 Å². The van der Waals surface area contributed by atoms with Gasteiger partial charge in [-0.15, -0.1) is 0 Å². The molecule has 0 aromatic heterocycles. The molecule has 20 heavy (non-hydrogen) atoms. The van der Waals surface area contributed by atoms with Crippen LogP contribution in [0.5, 0.6) is 0 Å². The first-order valence-corrected chi connectivity index (χ1v) is 7.75. The molecule has 0 bridgehead atoms. The molecule has 6 heteroatoms. The van der Waals surface area contributed by atoms with Crippen LogP contribution < -0.4 is 10.0 Å². The summed E-state index contributed by atoms with van der Waals surface area (Å²) < 4.78 is 26.2. The van der Waals surface area contributed by atoms with Gasteiger partial charge in [0.05, 0.1) is 16.3 Å². The number of anilines is 2. The molecule has 0 amide bonds. The highest BCUT2D eigenvalue weighted by molar-refractivity contribution is 7.92. The number of aryl methyl sites for hydroxylation is 1. The van der Waals surface area contributed by atoms with Crippen LogP contribution in [0, 0.1) is 6.92 Å². The third kappa shape index (κ3) is 2.73. The number of hydrogen-bond acceptors (Lipinski definition) is 3.